The first-order valence-corrected chi connectivity index (χ1v) is 9.04. The predicted octanol–water partition coefficient (Wildman–Crippen LogP) is 5.13. The van der Waals surface area contributed by atoms with Crippen molar-refractivity contribution >= 4 is 29.1 Å². The molecule has 0 saturated carbocycles. The van der Waals surface area contributed by atoms with E-state index in [2.05, 4.69) is 12.2 Å². The first-order chi connectivity index (χ1) is 11.9. The number of benzene rings is 2. The second kappa shape index (κ2) is 9.12. The highest BCUT2D eigenvalue weighted by Crippen LogP contribution is 2.25. The predicted molar refractivity (Wildman–Crippen MR) is 104 cm³/mol. The van der Waals surface area contributed by atoms with Crippen molar-refractivity contribution in [3.05, 3.63) is 63.1 Å². The molecule has 0 unspecified atom stereocenters. The monoisotopic (exact) mass is 379 g/mol. The van der Waals surface area contributed by atoms with E-state index in [-0.39, 0.29) is 11.9 Å². The Hall–Kier alpha value is -1.71. The lowest BCUT2D eigenvalue weighted by atomic mass is 10.1. The highest BCUT2D eigenvalue weighted by Gasteiger charge is 2.11. The molecule has 0 saturated heterocycles. The average Bonchev–Trinajstić information content (AvgIpc) is 2.55. The average molecular weight is 380 g/mol. The van der Waals surface area contributed by atoms with Gasteiger partial charge in [0.05, 0.1) is 6.04 Å². The zero-order valence-corrected chi connectivity index (χ0v) is 16.2. The first-order valence-electron chi connectivity index (χ1n) is 8.29. The lowest BCUT2D eigenvalue weighted by Crippen LogP contribution is -2.36. The molecule has 0 bridgehead atoms. The number of carbonyl (C=O) groups is 1. The molecule has 0 radical (unpaired) electrons. The van der Waals surface area contributed by atoms with Crippen LogP contribution < -0.4 is 10.1 Å². The Morgan fingerprint density at radius 2 is 1.80 bits per heavy atom. The van der Waals surface area contributed by atoms with Gasteiger partial charge in [0.1, 0.15) is 12.4 Å². The molecule has 2 aromatic rings. The van der Waals surface area contributed by atoms with E-state index in [1.165, 1.54) is 11.1 Å². The van der Waals surface area contributed by atoms with Gasteiger partial charge in [0.15, 0.2) is 0 Å². The van der Waals surface area contributed by atoms with Crippen molar-refractivity contribution in [2.24, 2.45) is 0 Å². The topological polar surface area (TPSA) is 38.3 Å². The van der Waals surface area contributed by atoms with E-state index in [1.54, 1.807) is 18.2 Å². The van der Waals surface area contributed by atoms with Gasteiger partial charge in [-0.2, -0.15) is 0 Å². The van der Waals surface area contributed by atoms with Crippen LogP contribution in [-0.4, -0.2) is 18.6 Å². The van der Waals surface area contributed by atoms with Crippen LogP contribution in [-0.2, 0) is 11.2 Å². The molecule has 25 heavy (non-hydrogen) atoms. The maximum atomic E-state index is 12.1. The molecule has 3 nitrogen and oxygen atoms in total. The Morgan fingerprint density at radius 1 is 1.12 bits per heavy atom. The smallest absolute Gasteiger partial charge is 0.220 e. The fraction of sp³-hybridized carbons (Fsp3) is 0.350. The third kappa shape index (κ3) is 5.94. The molecule has 0 spiro atoms. The molecule has 0 aromatic heterocycles. The Bertz CT molecular complexity index is 726. The largest absolute Gasteiger partial charge is 0.491 e. The van der Waals surface area contributed by atoms with Crippen LogP contribution in [0.15, 0.2) is 36.4 Å². The van der Waals surface area contributed by atoms with Crippen LogP contribution in [0.3, 0.4) is 0 Å². The second-order valence-corrected chi connectivity index (χ2v) is 7.04. The summed E-state index contributed by atoms with van der Waals surface area (Å²) in [5.74, 6) is 0.763. The summed E-state index contributed by atoms with van der Waals surface area (Å²) in [5, 5.41) is 4.11. The minimum atomic E-state index is -0.0872. The zero-order chi connectivity index (χ0) is 18.4. The summed E-state index contributed by atoms with van der Waals surface area (Å²) in [6.45, 7) is 6.45. The zero-order valence-electron chi connectivity index (χ0n) is 14.7. The van der Waals surface area contributed by atoms with Crippen LogP contribution >= 0.6 is 23.2 Å². The van der Waals surface area contributed by atoms with E-state index < -0.39 is 0 Å². The van der Waals surface area contributed by atoms with Gasteiger partial charge in [0, 0.05) is 16.5 Å². The third-order valence-corrected chi connectivity index (χ3v) is 4.76. The van der Waals surface area contributed by atoms with Gasteiger partial charge in [0.2, 0.25) is 5.91 Å². The summed E-state index contributed by atoms with van der Waals surface area (Å²) in [6, 6.07) is 11.2. The van der Waals surface area contributed by atoms with Crippen LogP contribution in [0.1, 0.15) is 30.0 Å². The van der Waals surface area contributed by atoms with E-state index >= 15 is 0 Å². The fourth-order valence-electron chi connectivity index (χ4n) is 2.42. The lowest BCUT2D eigenvalue weighted by Gasteiger charge is -2.16. The number of carbonyl (C=O) groups excluding carboxylic acids is 1. The fourth-order valence-corrected chi connectivity index (χ4v) is 3.01. The van der Waals surface area contributed by atoms with Crippen molar-refractivity contribution in [2.45, 2.75) is 39.7 Å². The number of amides is 1. The van der Waals surface area contributed by atoms with Crippen molar-refractivity contribution in [1.82, 2.24) is 5.32 Å². The van der Waals surface area contributed by atoms with Crippen molar-refractivity contribution in [1.29, 1.82) is 0 Å². The van der Waals surface area contributed by atoms with E-state index in [0.29, 0.717) is 29.5 Å². The summed E-state index contributed by atoms with van der Waals surface area (Å²) in [5.41, 5.74) is 3.22. The van der Waals surface area contributed by atoms with E-state index in [4.69, 9.17) is 27.9 Å². The minimum Gasteiger partial charge on any atom is -0.491 e. The molecule has 2 aromatic carbocycles. The molecule has 0 fully saturated rings. The molecule has 1 atom stereocenters. The van der Waals surface area contributed by atoms with Crippen molar-refractivity contribution in [3.8, 4) is 5.75 Å². The second-order valence-electron chi connectivity index (χ2n) is 6.23. The van der Waals surface area contributed by atoms with E-state index in [9.17, 15) is 4.79 Å². The molecule has 134 valence electrons. The van der Waals surface area contributed by atoms with Gasteiger partial charge in [-0.05, 0) is 68.1 Å². The standard InChI is InChI=1S/C20H23Cl2NO2/c1-13-7-8-16(11-14(13)2)25-12-15(3)23-20(24)10-9-17-18(21)5-4-6-19(17)22/h4-8,11,15H,9-10,12H2,1-3H3,(H,23,24)/t15-/m1/s1. The van der Waals surface area contributed by atoms with Gasteiger partial charge < -0.3 is 10.1 Å². The number of hydrogen-bond donors (Lipinski definition) is 1. The number of rotatable bonds is 7. The van der Waals surface area contributed by atoms with Gasteiger partial charge in [-0.15, -0.1) is 0 Å². The van der Waals surface area contributed by atoms with Crippen LogP contribution in [0, 0.1) is 13.8 Å². The Morgan fingerprint density at radius 3 is 2.44 bits per heavy atom. The Labute approximate surface area is 159 Å². The molecule has 0 heterocycles. The van der Waals surface area contributed by atoms with Crippen LogP contribution in [0.5, 0.6) is 5.75 Å². The van der Waals surface area contributed by atoms with Gasteiger partial charge >= 0.3 is 0 Å². The lowest BCUT2D eigenvalue weighted by molar-refractivity contribution is -0.121. The van der Waals surface area contributed by atoms with Gasteiger partial charge in [-0.3, -0.25) is 4.79 Å². The number of nitrogens with one attached hydrogen (secondary N) is 1. The first kappa shape index (κ1) is 19.6. The van der Waals surface area contributed by atoms with Crippen molar-refractivity contribution in [3.63, 3.8) is 0 Å². The molecule has 0 aliphatic carbocycles. The van der Waals surface area contributed by atoms with Gasteiger partial charge in [0.25, 0.3) is 0 Å². The number of aryl methyl sites for hydroxylation is 2. The Kier molecular flexibility index (Phi) is 7.15. The molecule has 5 heteroatoms. The molecule has 2 rings (SSSR count). The quantitative estimate of drug-likeness (QED) is 0.724. The molecular weight excluding hydrogens is 357 g/mol. The van der Waals surface area contributed by atoms with Gasteiger partial charge in [-0.25, -0.2) is 0 Å². The summed E-state index contributed by atoms with van der Waals surface area (Å²) in [7, 11) is 0. The molecule has 1 N–H and O–H groups in total. The summed E-state index contributed by atoms with van der Waals surface area (Å²) in [6.07, 6.45) is 0.840. The maximum Gasteiger partial charge on any atom is 0.220 e. The summed E-state index contributed by atoms with van der Waals surface area (Å²) < 4.78 is 5.75. The Balaban J connectivity index is 1.79. The van der Waals surface area contributed by atoms with Crippen molar-refractivity contribution in [2.75, 3.05) is 6.61 Å². The van der Waals surface area contributed by atoms with E-state index in [0.717, 1.165) is 11.3 Å². The summed E-state index contributed by atoms with van der Waals surface area (Å²) in [4.78, 5) is 12.1. The third-order valence-electron chi connectivity index (χ3n) is 4.05. The highest BCUT2D eigenvalue weighted by atomic mass is 35.5. The molecule has 0 aliphatic heterocycles. The SMILES string of the molecule is Cc1ccc(OC[C@@H](C)NC(=O)CCc2c(Cl)cccc2Cl)cc1C. The maximum absolute atomic E-state index is 12.1. The molecular formula is C20H23Cl2NO2. The van der Waals surface area contributed by atoms with Crippen molar-refractivity contribution < 1.29 is 9.53 Å². The number of hydrogen-bond acceptors (Lipinski definition) is 2. The number of ether oxygens (including phenoxy) is 1. The molecule has 0 aliphatic rings. The van der Waals surface area contributed by atoms with E-state index in [1.807, 2.05) is 32.0 Å². The number of halogens is 2. The normalized spacial score (nSPS) is 11.9. The minimum absolute atomic E-state index is 0.0489. The summed E-state index contributed by atoms with van der Waals surface area (Å²) >= 11 is 12.2. The van der Waals surface area contributed by atoms with Crippen LogP contribution in [0.4, 0.5) is 0 Å². The van der Waals surface area contributed by atoms with Gasteiger partial charge in [-0.1, -0.05) is 35.3 Å². The van der Waals surface area contributed by atoms with Crippen LogP contribution in [0.2, 0.25) is 10.0 Å². The highest BCUT2D eigenvalue weighted by molar-refractivity contribution is 6.36. The molecule has 1 amide bonds. The van der Waals surface area contributed by atoms with Crippen LogP contribution in [0.25, 0.3) is 0 Å².